The van der Waals surface area contributed by atoms with E-state index in [4.69, 9.17) is 21.6 Å². The molecule has 2 aromatic carbocycles. The fraction of sp³-hybridized carbons (Fsp3) is 0.333. The maximum Gasteiger partial charge on any atom is 0.279 e. The molecule has 0 aromatic heterocycles. The lowest BCUT2D eigenvalue weighted by Gasteiger charge is -2.29. The average molecular weight is 401 g/mol. The van der Waals surface area contributed by atoms with Gasteiger partial charge in [-0.25, -0.2) is 0 Å². The quantitative estimate of drug-likeness (QED) is 0.613. The van der Waals surface area contributed by atoms with Crippen LogP contribution in [-0.2, 0) is 4.79 Å². The molecule has 28 heavy (non-hydrogen) atoms. The van der Waals surface area contributed by atoms with Gasteiger partial charge in [0, 0.05) is 5.02 Å². The number of para-hydroxylation sites is 1. The number of nitrogens with zero attached hydrogens (tertiary/aromatic N) is 1. The Labute approximate surface area is 170 Å². The molecule has 0 unspecified atom stereocenters. The minimum absolute atomic E-state index is 0.0489. The standard InChI is InChI=1S/C21H23ClN4O2/c22-18-5-7-19(8-6-18)28-14-13-25-9-11-26(12-10-25)16-21(27)24-20-4-2-1-3-17(20)15-23/h1-8H,9-14,16H2,(H,24,27)/p+2. The zero-order valence-corrected chi connectivity index (χ0v) is 16.5. The zero-order chi connectivity index (χ0) is 19.8. The number of rotatable bonds is 7. The number of hydrogen-bond acceptors (Lipinski definition) is 3. The number of carbonyl (C=O) groups excluding carboxylic acids is 1. The van der Waals surface area contributed by atoms with Crippen LogP contribution in [0.5, 0.6) is 5.75 Å². The Morgan fingerprint density at radius 3 is 2.46 bits per heavy atom. The van der Waals surface area contributed by atoms with Crippen molar-refractivity contribution in [2.75, 3.05) is 51.2 Å². The van der Waals surface area contributed by atoms with Crippen LogP contribution in [0.1, 0.15) is 5.56 Å². The van der Waals surface area contributed by atoms with Crippen LogP contribution in [0.3, 0.4) is 0 Å². The summed E-state index contributed by atoms with van der Waals surface area (Å²) < 4.78 is 5.77. The van der Waals surface area contributed by atoms with Crippen LogP contribution in [0.25, 0.3) is 0 Å². The first kappa shape index (κ1) is 20.2. The van der Waals surface area contributed by atoms with Crippen molar-refractivity contribution in [3.05, 3.63) is 59.1 Å². The number of carbonyl (C=O) groups is 1. The summed E-state index contributed by atoms with van der Waals surface area (Å²) in [6, 6.07) is 16.6. The molecule has 1 aliphatic heterocycles. The summed E-state index contributed by atoms with van der Waals surface area (Å²) in [6.45, 7) is 5.96. The molecule has 1 amide bonds. The van der Waals surface area contributed by atoms with E-state index in [1.54, 1.807) is 18.2 Å². The Bertz CT molecular complexity index is 827. The molecule has 0 radical (unpaired) electrons. The zero-order valence-electron chi connectivity index (χ0n) is 15.7. The predicted octanol–water partition coefficient (Wildman–Crippen LogP) is 0.0126. The molecule has 1 saturated heterocycles. The first-order valence-electron chi connectivity index (χ1n) is 9.48. The highest BCUT2D eigenvalue weighted by Crippen LogP contribution is 2.15. The van der Waals surface area contributed by atoms with E-state index in [-0.39, 0.29) is 5.91 Å². The summed E-state index contributed by atoms with van der Waals surface area (Å²) in [4.78, 5) is 15.1. The van der Waals surface area contributed by atoms with Crippen molar-refractivity contribution < 1.29 is 19.3 Å². The molecule has 0 spiro atoms. The largest absolute Gasteiger partial charge is 0.488 e. The number of quaternary nitrogens is 2. The Morgan fingerprint density at radius 1 is 1.07 bits per heavy atom. The van der Waals surface area contributed by atoms with Crippen molar-refractivity contribution in [1.82, 2.24) is 0 Å². The summed E-state index contributed by atoms with van der Waals surface area (Å²) >= 11 is 5.87. The van der Waals surface area contributed by atoms with Gasteiger partial charge in [-0.05, 0) is 36.4 Å². The number of anilines is 1. The minimum Gasteiger partial charge on any atom is -0.488 e. The molecule has 1 heterocycles. The van der Waals surface area contributed by atoms with Crippen LogP contribution in [-0.4, -0.2) is 51.8 Å². The smallest absolute Gasteiger partial charge is 0.279 e. The van der Waals surface area contributed by atoms with Gasteiger partial charge < -0.3 is 19.9 Å². The topological polar surface area (TPSA) is 71.0 Å². The Kier molecular flexibility index (Phi) is 7.26. The maximum absolute atomic E-state index is 12.3. The van der Waals surface area contributed by atoms with Crippen LogP contribution in [0.4, 0.5) is 5.69 Å². The summed E-state index contributed by atoms with van der Waals surface area (Å²) in [5.74, 6) is 0.787. The van der Waals surface area contributed by atoms with E-state index in [1.165, 1.54) is 9.80 Å². The first-order valence-corrected chi connectivity index (χ1v) is 9.86. The van der Waals surface area contributed by atoms with Crippen LogP contribution in [0, 0.1) is 11.3 Å². The lowest BCUT2D eigenvalue weighted by atomic mass is 10.2. The van der Waals surface area contributed by atoms with Gasteiger partial charge in [-0.3, -0.25) is 4.79 Å². The van der Waals surface area contributed by atoms with Crippen molar-refractivity contribution in [2.24, 2.45) is 0 Å². The second-order valence-electron chi connectivity index (χ2n) is 6.93. The highest BCUT2D eigenvalue weighted by molar-refractivity contribution is 6.30. The number of benzene rings is 2. The summed E-state index contributed by atoms with van der Waals surface area (Å²) in [5.41, 5.74) is 1.07. The Balaban J connectivity index is 1.36. The highest BCUT2D eigenvalue weighted by Gasteiger charge is 2.24. The van der Waals surface area contributed by atoms with Gasteiger partial charge >= 0.3 is 0 Å². The number of nitriles is 1. The van der Waals surface area contributed by atoms with E-state index in [2.05, 4.69) is 11.4 Å². The molecule has 0 atom stereocenters. The third-order valence-electron chi connectivity index (χ3n) is 4.93. The highest BCUT2D eigenvalue weighted by atomic mass is 35.5. The summed E-state index contributed by atoms with van der Waals surface area (Å²) in [5, 5.41) is 12.7. The summed E-state index contributed by atoms with van der Waals surface area (Å²) in [6.07, 6.45) is 0. The van der Waals surface area contributed by atoms with Crippen molar-refractivity contribution in [1.29, 1.82) is 5.26 Å². The van der Waals surface area contributed by atoms with Gasteiger partial charge in [0.25, 0.3) is 5.91 Å². The van der Waals surface area contributed by atoms with Crippen LogP contribution in [0.2, 0.25) is 5.02 Å². The fourth-order valence-corrected chi connectivity index (χ4v) is 3.46. The third-order valence-corrected chi connectivity index (χ3v) is 5.19. The van der Waals surface area contributed by atoms with E-state index in [0.29, 0.717) is 29.4 Å². The van der Waals surface area contributed by atoms with Gasteiger partial charge in [-0.15, -0.1) is 0 Å². The van der Waals surface area contributed by atoms with Gasteiger partial charge in [0.15, 0.2) is 6.54 Å². The SMILES string of the molecule is N#Cc1ccccc1NC(=O)C[NH+]1CC[NH+](CCOc2ccc(Cl)cc2)CC1. The number of nitrogens with one attached hydrogen (secondary N) is 3. The molecule has 146 valence electrons. The Morgan fingerprint density at radius 2 is 1.75 bits per heavy atom. The van der Waals surface area contributed by atoms with Crippen LogP contribution in [0.15, 0.2) is 48.5 Å². The second-order valence-corrected chi connectivity index (χ2v) is 7.37. The molecule has 7 heteroatoms. The number of hydrogen-bond donors (Lipinski definition) is 3. The van der Waals surface area contributed by atoms with Gasteiger partial charge in [0.1, 0.15) is 51.1 Å². The van der Waals surface area contributed by atoms with Gasteiger partial charge in [0.05, 0.1) is 11.3 Å². The van der Waals surface area contributed by atoms with E-state index in [9.17, 15) is 4.79 Å². The maximum atomic E-state index is 12.3. The average Bonchev–Trinajstić information content (AvgIpc) is 2.71. The van der Waals surface area contributed by atoms with E-state index in [0.717, 1.165) is 38.5 Å². The van der Waals surface area contributed by atoms with Gasteiger partial charge in [-0.1, -0.05) is 23.7 Å². The number of ether oxygens (including phenoxy) is 1. The fourth-order valence-electron chi connectivity index (χ4n) is 3.34. The lowest BCUT2D eigenvalue weighted by molar-refractivity contribution is -1.01. The molecular formula is C21H25ClN4O2+2. The minimum atomic E-state index is -0.0489. The summed E-state index contributed by atoms with van der Waals surface area (Å²) in [7, 11) is 0. The normalized spacial score (nSPS) is 18.9. The molecule has 3 rings (SSSR count). The van der Waals surface area contributed by atoms with Crippen LogP contribution >= 0.6 is 11.6 Å². The number of piperazine rings is 1. The molecule has 0 saturated carbocycles. The molecular weight excluding hydrogens is 376 g/mol. The van der Waals surface area contributed by atoms with Crippen molar-refractivity contribution in [3.8, 4) is 11.8 Å². The molecule has 0 aliphatic carbocycles. The lowest BCUT2D eigenvalue weighted by Crippen LogP contribution is -3.28. The molecule has 3 N–H and O–H groups in total. The molecule has 2 aromatic rings. The van der Waals surface area contributed by atoms with Gasteiger partial charge in [0.2, 0.25) is 0 Å². The molecule has 0 bridgehead atoms. The van der Waals surface area contributed by atoms with Crippen molar-refractivity contribution in [2.45, 2.75) is 0 Å². The van der Waals surface area contributed by atoms with Crippen molar-refractivity contribution in [3.63, 3.8) is 0 Å². The van der Waals surface area contributed by atoms with Crippen molar-refractivity contribution >= 4 is 23.2 Å². The predicted molar refractivity (Wildman–Crippen MR) is 108 cm³/mol. The Hall–Kier alpha value is -2.59. The number of amides is 1. The van der Waals surface area contributed by atoms with E-state index < -0.39 is 0 Å². The second kappa shape index (κ2) is 10.1. The first-order chi connectivity index (χ1) is 13.6. The monoisotopic (exact) mass is 400 g/mol. The van der Waals surface area contributed by atoms with E-state index >= 15 is 0 Å². The molecule has 1 fully saturated rings. The molecule has 6 nitrogen and oxygen atoms in total. The molecule has 1 aliphatic rings. The third kappa shape index (κ3) is 5.96. The van der Waals surface area contributed by atoms with Crippen LogP contribution < -0.4 is 19.9 Å². The van der Waals surface area contributed by atoms with E-state index in [1.807, 2.05) is 30.3 Å². The number of halogens is 1. The van der Waals surface area contributed by atoms with Gasteiger partial charge in [-0.2, -0.15) is 5.26 Å².